The highest BCUT2D eigenvalue weighted by atomic mass is 16.2. The Labute approximate surface area is 183 Å². The zero-order valence-electron chi connectivity index (χ0n) is 18.7. The minimum absolute atomic E-state index is 0.0768. The molecule has 2 heterocycles. The predicted octanol–water partition coefficient (Wildman–Crippen LogP) is 5.21. The van der Waals surface area contributed by atoms with Crippen LogP contribution in [-0.4, -0.2) is 20.7 Å². The van der Waals surface area contributed by atoms with Crippen LogP contribution in [0.3, 0.4) is 0 Å². The van der Waals surface area contributed by atoms with Gasteiger partial charge in [-0.1, -0.05) is 53.6 Å². The summed E-state index contributed by atoms with van der Waals surface area (Å²) < 4.78 is 1.70. The van der Waals surface area contributed by atoms with Crippen molar-refractivity contribution in [3.63, 3.8) is 0 Å². The van der Waals surface area contributed by atoms with Gasteiger partial charge in [-0.05, 0) is 62.9 Å². The summed E-state index contributed by atoms with van der Waals surface area (Å²) in [4.78, 5) is 17.4. The molecule has 2 aromatic carbocycles. The maximum Gasteiger partial charge on any atom is 0.242 e. The van der Waals surface area contributed by atoms with Crippen LogP contribution in [-0.2, 0) is 11.3 Å². The molecule has 158 valence electrons. The second-order valence-electron chi connectivity index (χ2n) is 8.32. The molecule has 0 saturated carbocycles. The molecule has 0 aliphatic rings. The Bertz CT molecular complexity index is 1250. The number of nitrogens with one attached hydrogen (secondary N) is 1. The van der Waals surface area contributed by atoms with E-state index in [1.807, 2.05) is 19.9 Å². The number of benzene rings is 2. The van der Waals surface area contributed by atoms with Crippen LogP contribution in [0.1, 0.15) is 40.9 Å². The Balaban J connectivity index is 1.59. The highest BCUT2D eigenvalue weighted by Gasteiger charge is 2.17. The van der Waals surface area contributed by atoms with Crippen LogP contribution in [0.4, 0.5) is 0 Å². The van der Waals surface area contributed by atoms with Crippen molar-refractivity contribution in [1.29, 1.82) is 0 Å². The van der Waals surface area contributed by atoms with Crippen LogP contribution in [0.25, 0.3) is 22.2 Å². The lowest BCUT2D eigenvalue weighted by Gasteiger charge is -2.17. The highest BCUT2D eigenvalue weighted by Crippen LogP contribution is 2.30. The molecule has 0 spiro atoms. The van der Waals surface area contributed by atoms with Crippen LogP contribution in [0.15, 0.2) is 54.7 Å². The summed E-state index contributed by atoms with van der Waals surface area (Å²) in [6, 6.07) is 16.6. The van der Waals surface area contributed by atoms with Gasteiger partial charge in [0, 0.05) is 11.6 Å². The largest absolute Gasteiger partial charge is 0.348 e. The third kappa shape index (κ3) is 4.22. The maximum absolute atomic E-state index is 12.8. The van der Waals surface area contributed by atoms with Gasteiger partial charge in [-0.15, -0.1) is 0 Å². The normalized spacial score (nSPS) is 12.2. The first-order valence-electron chi connectivity index (χ1n) is 10.6. The summed E-state index contributed by atoms with van der Waals surface area (Å²) in [5.41, 5.74) is 8.53. The van der Waals surface area contributed by atoms with E-state index in [9.17, 15) is 4.79 Å². The highest BCUT2D eigenvalue weighted by molar-refractivity contribution is 5.95. The van der Waals surface area contributed by atoms with Gasteiger partial charge in [-0.3, -0.25) is 4.79 Å². The molecule has 0 saturated heterocycles. The maximum atomic E-state index is 12.8. The van der Waals surface area contributed by atoms with Gasteiger partial charge < -0.3 is 5.32 Å². The second kappa shape index (κ2) is 8.34. The van der Waals surface area contributed by atoms with Gasteiger partial charge in [0.25, 0.3) is 0 Å². The molecule has 5 nitrogen and oxygen atoms in total. The monoisotopic (exact) mass is 412 g/mol. The van der Waals surface area contributed by atoms with Crippen molar-refractivity contribution in [1.82, 2.24) is 20.1 Å². The van der Waals surface area contributed by atoms with Gasteiger partial charge >= 0.3 is 0 Å². The molecule has 0 radical (unpaired) electrons. The van der Waals surface area contributed by atoms with Crippen molar-refractivity contribution in [2.75, 3.05) is 0 Å². The smallest absolute Gasteiger partial charge is 0.242 e. The zero-order chi connectivity index (χ0) is 22.1. The number of fused-ring (bicyclic) bond motifs is 1. The summed E-state index contributed by atoms with van der Waals surface area (Å²) in [5, 5.41) is 8.73. The Morgan fingerprint density at radius 3 is 2.42 bits per heavy atom. The summed E-state index contributed by atoms with van der Waals surface area (Å²) in [7, 11) is 0. The first-order chi connectivity index (χ1) is 14.8. The number of carbonyl (C=O) groups excluding carboxylic acids is 1. The number of carbonyl (C=O) groups is 1. The number of amides is 1. The molecule has 1 amide bonds. The van der Waals surface area contributed by atoms with Gasteiger partial charge in [-0.2, -0.15) is 5.10 Å². The van der Waals surface area contributed by atoms with E-state index in [-0.39, 0.29) is 18.5 Å². The van der Waals surface area contributed by atoms with Crippen LogP contribution in [0.2, 0.25) is 0 Å². The summed E-state index contributed by atoms with van der Waals surface area (Å²) >= 11 is 0. The van der Waals surface area contributed by atoms with Gasteiger partial charge in [0.2, 0.25) is 5.91 Å². The number of pyridine rings is 1. The Morgan fingerprint density at radius 2 is 1.71 bits per heavy atom. The molecule has 0 bridgehead atoms. The fourth-order valence-corrected chi connectivity index (χ4v) is 4.18. The first-order valence-corrected chi connectivity index (χ1v) is 10.6. The van der Waals surface area contributed by atoms with Gasteiger partial charge in [-0.25, -0.2) is 9.67 Å². The van der Waals surface area contributed by atoms with Crippen molar-refractivity contribution in [2.45, 2.75) is 47.2 Å². The van der Waals surface area contributed by atoms with E-state index in [2.05, 4.69) is 78.6 Å². The molecule has 5 heteroatoms. The van der Waals surface area contributed by atoms with E-state index in [0.29, 0.717) is 0 Å². The van der Waals surface area contributed by atoms with E-state index in [4.69, 9.17) is 0 Å². The molecule has 1 atom stereocenters. The molecule has 2 aromatic heterocycles. The van der Waals surface area contributed by atoms with Crippen molar-refractivity contribution in [2.24, 2.45) is 0 Å². The lowest BCUT2D eigenvalue weighted by molar-refractivity contribution is -0.122. The van der Waals surface area contributed by atoms with Crippen molar-refractivity contribution in [3.05, 3.63) is 82.7 Å². The van der Waals surface area contributed by atoms with E-state index >= 15 is 0 Å². The van der Waals surface area contributed by atoms with E-state index in [1.165, 1.54) is 16.7 Å². The fourth-order valence-electron chi connectivity index (χ4n) is 4.18. The number of hydrogen-bond acceptors (Lipinski definition) is 3. The predicted molar refractivity (Wildman–Crippen MR) is 125 cm³/mol. The fraction of sp³-hybridized carbons (Fsp3) is 0.269. The number of aromatic nitrogens is 3. The van der Waals surface area contributed by atoms with Crippen LogP contribution in [0, 0.1) is 27.7 Å². The van der Waals surface area contributed by atoms with Crippen molar-refractivity contribution < 1.29 is 4.79 Å². The number of aryl methyl sites for hydroxylation is 4. The Kier molecular flexibility index (Phi) is 5.59. The molecule has 0 aliphatic carbocycles. The Morgan fingerprint density at radius 1 is 1.00 bits per heavy atom. The first kappa shape index (κ1) is 20.8. The summed E-state index contributed by atoms with van der Waals surface area (Å²) in [6.07, 6.45) is 1.78. The SMILES string of the molecule is Cc1ccc(-c2ccnc3c2c(C)nn3CC(=O)NC(C)c2ccc(C)cc2C)cc1. The van der Waals surface area contributed by atoms with Gasteiger partial charge in [0.1, 0.15) is 6.54 Å². The lowest BCUT2D eigenvalue weighted by atomic mass is 10.0. The van der Waals surface area contributed by atoms with E-state index in [1.54, 1.807) is 10.9 Å². The number of hydrogen-bond donors (Lipinski definition) is 1. The molecule has 4 rings (SSSR count). The molecule has 0 fully saturated rings. The quantitative estimate of drug-likeness (QED) is 0.489. The molecule has 0 aliphatic heterocycles. The molecular weight excluding hydrogens is 384 g/mol. The minimum Gasteiger partial charge on any atom is -0.348 e. The summed E-state index contributed by atoms with van der Waals surface area (Å²) in [6.45, 7) is 10.3. The van der Waals surface area contributed by atoms with E-state index in [0.717, 1.165) is 33.4 Å². The van der Waals surface area contributed by atoms with Gasteiger partial charge in [0.05, 0.1) is 11.7 Å². The number of nitrogens with zero attached hydrogens (tertiary/aromatic N) is 3. The standard InChI is InChI=1S/C26H28N4O/c1-16-6-9-21(10-7-16)23-12-13-27-26-25(23)20(5)29-30(26)15-24(31)28-19(4)22-11-8-17(2)14-18(22)3/h6-14,19H,15H2,1-5H3,(H,28,31). The molecule has 1 unspecified atom stereocenters. The van der Waals surface area contributed by atoms with Gasteiger partial charge in [0.15, 0.2) is 5.65 Å². The average molecular weight is 413 g/mol. The summed E-state index contributed by atoms with van der Waals surface area (Å²) in [5.74, 6) is -0.0839. The molecule has 31 heavy (non-hydrogen) atoms. The van der Waals surface area contributed by atoms with Crippen molar-refractivity contribution >= 4 is 16.9 Å². The van der Waals surface area contributed by atoms with Crippen LogP contribution >= 0.6 is 0 Å². The second-order valence-corrected chi connectivity index (χ2v) is 8.32. The topological polar surface area (TPSA) is 59.8 Å². The van der Waals surface area contributed by atoms with Crippen LogP contribution in [0.5, 0.6) is 0 Å². The lowest BCUT2D eigenvalue weighted by Crippen LogP contribution is -2.30. The average Bonchev–Trinajstić information content (AvgIpc) is 3.04. The third-order valence-corrected chi connectivity index (χ3v) is 5.73. The molecule has 1 N–H and O–H groups in total. The van der Waals surface area contributed by atoms with Crippen LogP contribution < -0.4 is 5.32 Å². The Hall–Kier alpha value is -3.47. The third-order valence-electron chi connectivity index (χ3n) is 5.73. The van der Waals surface area contributed by atoms with Crippen molar-refractivity contribution in [3.8, 4) is 11.1 Å². The zero-order valence-corrected chi connectivity index (χ0v) is 18.7. The minimum atomic E-state index is -0.0839. The number of rotatable bonds is 5. The molecular formula is C26H28N4O. The van der Waals surface area contributed by atoms with E-state index < -0.39 is 0 Å². The molecule has 4 aromatic rings.